The largest absolute Gasteiger partial charge is 0.337 e. The van der Waals surface area contributed by atoms with Crippen LogP contribution in [0.2, 0.25) is 5.02 Å². The molecule has 1 saturated heterocycles. The van der Waals surface area contributed by atoms with E-state index in [0.717, 1.165) is 12.8 Å². The van der Waals surface area contributed by atoms with Gasteiger partial charge in [-0.05, 0) is 31.9 Å². The molecule has 2 heterocycles. The van der Waals surface area contributed by atoms with Crippen LogP contribution in [-0.2, 0) is 0 Å². The summed E-state index contributed by atoms with van der Waals surface area (Å²) in [6.07, 6.45) is 1.94. The molecule has 0 aliphatic carbocycles. The van der Waals surface area contributed by atoms with Gasteiger partial charge < -0.3 is 4.90 Å². The number of hydrogen-bond donors (Lipinski definition) is 0. The van der Waals surface area contributed by atoms with E-state index >= 15 is 0 Å². The highest BCUT2D eigenvalue weighted by Gasteiger charge is 2.24. The minimum Gasteiger partial charge on any atom is -0.337 e. The summed E-state index contributed by atoms with van der Waals surface area (Å²) in [4.78, 5) is 26.3. The summed E-state index contributed by atoms with van der Waals surface area (Å²) in [6.45, 7) is 3.13. The molecule has 0 atom stereocenters. The van der Waals surface area contributed by atoms with Crippen molar-refractivity contribution in [3.63, 3.8) is 0 Å². The predicted molar refractivity (Wildman–Crippen MR) is 84.7 cm³/mol. The van der Waals surface area contributed by atoms with Crippen LogP contribution in [0.3, 0.4) is 0 Å². The first-order chi connectivity index (χ1) is 10.6. The van der Waals surface area contributed by atoms with Gasteiger partial charge in [-0.3, -0.25) is 9.59 Å². The number of hydrogen-bond acceptors (Lipinski definition) is 3. The van der Waals surface area contributed by atoms with Gasteiger partial charge in [0, 0.05) is 24.8 Å². The van der Waals surface area contributed by atoms with E-state index in [1.807, 2.05) is 12.1 Å². The van der Waals surface area contributed by atoms with E-state index in [0.29, 0.717) is 29.5 Å². The Balaban J connectivity index is 2.09. The predicted octanol–water partition coefficient (Wildman–Crippen LogP) is 2.43. The number of amides is 1. The first-order valence-electron chi connectivity index (χ1n) is 7.23. The first kappa shape index (κ1) is 14.8. The van der Waals surface area contributed by atoms with Crippen LogP contribution in [0.15, 0.2) is 35.1 Å². The van der Waals surface area contributed by atoms with Gasteiger partial charge in [-0.2, -0.15) is 5.10 Å². The van der Waals surface area contributed by atoms with E-state index in [1.165, 1.54) is 6.07 Å². The fraction of sp³-hybridized carbons (Fsp3) is 0.312. The third-order valence-electron chi connectivity index (χ3n) is 3.78. The highest BCUT2D eigenvalue weighted by Crippen LogP contribution is 2.20. The molecule has 1 aliphatic rings. The maximum atomic E-state index is 12.5. The molecule has 0 N–H and O–H groups in total. The van der Waals surface area contributed by atoms with Crippen LogP contribution in [0.25, 0.3) is 5.69 Å². The lowest BCUT2D eigenvalue weighted by atomic mass is 10.2. The molecule has 1 fully saturated rings. The molecule has 0 bridgehead atoms. The van der Waals surface area contributed by atoms with Crippen molar-refractivity contribution >= 4 is 17.5 Å². The van der Waals surface area contributed by atoms with Crippen LogP contribution in [-0.4, -0.2) is 33.7 Å². The Labute approximate surface area is 133 Å². The molecule has 1 aromatic carbocycles. The zero-order valence-electron chi connectivity index (χ0n) is 12.3. The van der Waals surface area contributed by atoms with Crippen molar-refractivity contribution in [3.05, 3.63) is 57.0 Å². The molecule has 114 valence electrons. The Hall–Kier alpha value is -2.14. The van der Waals surface area contributed by atoms with Crippen LogP contribution >= 0.6 is 11.6 Å². The van der Waals surface area contributed by atoms with Gasteiger partial charge in [-0.15, -0.1) is 0 Å². The fourth-order valence-electron chi connectivity index (χ4n) is 2.63. The summed E-state index contributed by atoms with van der Waals surface area (Å²) >= 11 is 6.20. The van der Waals surface area contributed by atoms with E-state index in [2.05, 4.69) is 5.10 Å². The highest BCUT2D eigenvalue weighted by molar-refractivity contribution is 6.32. The fourth-order valence-corrected chi connectivity index (χ4v) is 2.85. The van der Waals surface area contributed by atoms with Gasteiger partial charge in [0.05, 0.1) is 10.7 Å². The summed E-state index contributed by atoms with van der Waals surface area (Å²) in [7, 11) is 0. The molecule has 2 aromatic rings. The van der Waals surface area contributed by atoms with Crippen molar-refractivity contribution in [1.82, 2.24) is 14.7 Å². The Bertz CT molecular complexity index is 779. The molecule has 3 rings (SSSR count). The van der Waals surface area contributed by atoms with E-state index < -0.39 is 0 Å². The zero-order valence-corrected chi connectivity index (χ0v) is 13.0. The second kappa shape index (κ2) is 5.93. The lowest BCUT2D eigenvalue weighted by Gasteiger charge is -2.16. The average Bonchev–Trinajstić information content (AvgIpc) is 3.02. The Morgan fingerprint density at radius 2 is 1.91 bits per heavy atom. The van der Waals surface area contributed by atoms with Crippen LogP contribution in [0.1, 0.15) is 29.0 Å². The Morgan fingerprint density at radius 1 is 1.23 bits per heavy atom. The number of nitrogens with zero attached hydrogens (tertiary/aromatic N) is 3. The number of carbonyl (C=O) groups is 1. The molecular formula is C16H16ClN3O2. The maximum Gasteiger partial charge on any atom is 0.278 e. The molecule has 5 nitrogen and oxygen atoms in total. The van der Waals surface area contributed by atoms with Gasteiger partial charge in [0.15, 0.2) is 5.69 Å². The molecule has 0 spiro atoms. The Kier molecular flexibility index (Phi) is 3.98. The van der Waals surface area contributed by atoms with Crippen molar-refractivity contribution in [2.45, 2.75) is 19.8 Å². The summed E-state index contributed by atoms with van der Waals surface area (Å²) in [5.74, 6) is -0.302. The molecule has 1 amide bonds. The van der Waals surface area contributed by atoms with E-state index in [4.69, 9.17) is 11.6 Å². The zero-order chi connectivity index (χ0) is 15.7. The lowest BCUT2D eigenvalue weighted by Crippen LogP contribution is -2.34. The van der Waals surface area contributed by atoms with Crippen LogP contribution in [0, 0.1) is 6.92 Å². The van der Waals surface area contributed by atoms with Crippen LogP contribution in [0.4, 0.5) is 0 Å². The van der Waals surface area contributed by atoms with E-state index in [1.54, 1.807) is 28.6 Å². The number of benzene rings is 1. The Morgan fingerprint density at radius 3 is 2.59 bits per heavy atom. The molecule has 1 aromatic heterocycles. The maximum absolute atomic E-state index is 12.5. The molecule has 0 unspecified atom stereocenters. The van der Waals surface area contributed by atoms with Gasteiger partial charge in [0.1, 0.15) is 0 Å². The summed E-state index contributed by atoms with van der Waals surface area (Å²) in [5.41, 5.74) is 0.887. The standard InChI is InChI=1S/C16H16ClN3O2/c1-11-10-14(21)15(16(22)19-8-4-5-9-19)18-20(11)13-7-3-2-6-12(13)17/h2-3,6-7,10H,4-5,8-9H2,1H3. The van der Waals surface area contributed by atoms with Crippen LogP contribution < -0.4 is 5.43 Å². The first-order valence-corrected chi connectivity index (χ1v) is 7.61. The number of aryl methyl sites for hydroxylation is 1. The smallest absolute Gasteiger partial charge is 0.278 e. The number of para-hydroxylation sites is 1. The minimum absolute atomic E-state index is 0.0487. The molecule has 0 saturated carbocycles. The highest BCUT2D eigenvalue weighted by atomic mass is 35.5. The monoisotopic (exact) mass is 317 g/mol. The van der Waals surface area contributed by atoms with Crippen LogP contribution in [0.5, 0.6) is 0 Å². The number of rotatable bonds is 2. The average molecular weight is 318 g/mol. The second-order valence-corrected chi connectivity index (χ2v) is 5.77. The van der Waals surface area contributed by atoms with Crippen molar-refractivity contribution in [2.24, 2.45) is 0 Å². The van der Waals surface area contributed by atoms with Crippen molar-refractivity contribution in [3.8, 4) is 5.69 Å². The van der Waals surface area contributed by atoms with E-state index in [9.17, 15) is 9.59 Å². The lowest BCUT2D eigenvalue weighted by molar-refractivity contribution is 0.0783. The van der Waals surface area contributed by atoms with Crippen molar-refractivity contribution < 1.29 is 4.79 Å². The van der Waals surface area contributed by atoms with Gasteiger partial charge in [0.25, 0.3) is 5.91 Å². The van der Waals surface area contributed by atoms with E-state index in [-0.39, 0.29) is 17.0 Å². The number of aromatic nitrogens is 2. The van der Waals surface area contributed by atoms with Crippen molar-refractivity contribution in [1.29, 1.82) is 0 Å². The SMILES string of the molecule is Cc1cc(=O)c(C(=O)N2CCCC2)nn1-c1ccccc1Cl. The third-order valence-corrected chi connectivity index (χ3v) is 4.10. The molecule has 0 radical (unpaired) electrons. The third kappa shape index (κ3) is 2.64. The molecular weight excluding hydrogens is 302 g/mol. The molecule has 6 heteroatoms. The number of halogens is 1. The van der Waals surface area contributed by atoms with Gasteiger partial charge in [-0.1, -0.05) is 23.7 Å². The summed E-state index contributed by atoms with van der Waals surface area (Å²) in [6, 6.07) is 8.64. The van der Waals surface area contributed by atoms with Gasteiger partial charge in [-0.25, -0.2) is 4.68 Å². The minimum atomic E-state index is -0.349. The van der Waals surface area contributed by atoms with Gasteiger partial charge in [0.2, 0.25) is 5.43 Å². The quantitative estimate of drug-likeness (QED) is 0.855. The molecule has 22 heavy (non-hydrogen) atoms. The summed E-state index contributed by atoms with van der Waals surface area (Å²) in [5, 5.41) is 4.79. The molecule has 1 aliphatic heterocycles. The summed E-state index contributed by atoms with van der Waals surface area (Å²) < 4.78 is 1.55. The van der Waals surface area contributed by atoms with Crippen molar-refractivity contribution in [2.75, 3.05) is 13.1 Å². The van der Waals surface area contributed by atoms with Gasteiger partial charge >= 0.3 is 0 Å². The number of likely N-dealkylation sites (tertiary alicyclic amines) is 1. The second-order valence-electron chi connectivity index (χ2n) is 5.36. The number of carbonyl (C=O) groups excluding carboxylic acids is 1. The topological polar surface area (TPSA) is 55.2 Å². The normalized spacial score (nSPS) is 14.4.